The lowest BCUT2D eigenvalue weighted by Crippen LogP contribution is -2.39. The van der Waals surface area contributed by atoms with Gasteiger partial charge in [0, 0.05) is 36.6 Å². The third-order valence-electron chi connectivity index (χ3n) is 7.07. The topological polar surface area (TPSA) is 112 Å². The number of hydrogen-bond acceptors (Lipinski definition) is 7. The number of piperidine rings is 1. The Morgan fingerprint density at radius 3 is 2.52 bits per heavy atom. The van der Waals surface area contributed by atoms with Gasteiger partial charge in [-0.1, -0.05) is 18.2 Å². The number of imidazole rings is 1. The largest absolute Gasteiger partial charge is 0.522 e. The minimum absolute atomic E-state index is 0.274. The maximum atomic E-state index is 13.4. The van der Waals surface area contributed by atoms with E-state index in [2.05, 4.69) is 30.0 Å². The van der Waals surface area contributed by atoms with Gasteiger partial charge in [-0.15, -0.1) is 13.2 Å². The molecule has 1 fully saturated rings. The molecule has 1 saturated heterocycles. The summed E-state index contributed by atoms with van der Waals surface area (Å²) in [6.45, 7) is 2.79. The summed E-state index contributed by atoms with van der Waals surface area (Å²) < 4.78 is 42.0. The average molecular weight is 550 g/mol. The lowest BCUT2D eigenvalue weighted by Gasteiger charge is -2.33. The molecule has 0 saturated carbocycles. The molecule has 0 radical (unpaired) electrons. The van der Waals surface area contributed by atoms with Crippen LogP contribution in [0.15, 0.2) is 65.7 Å². The van der Waals surface area contributed by atoms with Crippen molar-refractivity contribution in [3.8, 4) is 11.4 Å². The molecule has 9 nitrogen and oxygen atoms in total. The normalized spacial score (nSPS) is 15.6. The smallest absolute Gasteiger partial charge is 0.374 e. The molecule has 206 valence electrons. The van der Waals surface area contributed by atoms with E-state index in [4.69, 9.17) is 4.98 Å². The van der Waals surface area contributed by atoms with Gasteiger partial charge in [-0.2, -0.15) is 0 Å². The van der Waals surface area contributed by atoms with Crippen LogP contribution in [0.2, 0.25) is 0 Å². The number of aromatic nitrogens is 5. The Kier molecular flexibility index (Phi) is 6.62. The third kappa shape index (κ3) is 5.22. The number of rotatable bonds is 6. The maximum Gasteiger partial charge on any atom is 0.522 e. The molecule has 0 spiro atoms. The van der Waals surface area contributed by atoms with Crippen molar-refractivity contribution < 1.29 is 17.9 Å². The summed E-state index contributed by atoms with van der Waals surface area (Å²) in [6, 6.07) is 14.6. The molecule has 5 aromatic rings. The number of fused-ring (bicyclic) bond motifs is 2. The van der Waals surface area contributed by atoms with E-state index in [1.54, 1.807) is 18.5 Å². The summed E-state index contributed by atoms with van der Waals surface area (Å²) in [7, 11) is 0. The van der Waals surface area contributed by atoms with E-state index in [1.807, 2.05) is 54.3 Å². The first-order chi connectivity index (χ1) is 19.2. The molecule has 1 aliphatic rings. The Morgan fingerprint density at radius 1 is 1.02 bits per heavy atom. The first kappa shape index (κ1) is 25.8. The molecular weight excluding hydrogens is 523 g/mol. The van der Waals surface area contributed by atoms with Crippen LogP contribution in [0.25, 0.3) is 33.3 Å². The standard InChI is InChI=1S/C28H26F3N7O2/c1-16(25-32-11-4-12-33-25)34-24-19-5-2-3-6-20(19)37-27(39)23(24)26-35-21-8-7-17(15-22(21)36-26)38-13-9-18(10-14-38)40-28(29,30)31/h2-8,11-12,15-16,18H,9-10,13-14H2,1H3,(H,35,36)(H2,34,37,39)/t16-/m1/s1. The summed E-state index contributed by atoms with van der Waals surface area (Å²) in [5, 5.41) is 4.24. The number of benzene rings is 2. The summed E-state index contributed by atoms with van der Waals surface area (Å²) in [5.41, 5.74) is 3.54. The minimum atomic E-state index is -4.63. The van der Waals surface area contributed by atoms with Crippen LogP contribution in [0.5, 0.6) is 0 Å². The van der Waals surface area contributed by atoms with E-state index in [-0.39, 0.29) is 24.4 Å². The zero-order valence-electron chi connectivity index (χ0n) is 21.5. The van der Waals surface area contributed by atoms with Crippen molar-refractivity contribution >= 4 is 33.3 Å². The zero-order chi connectivity index (χ0) is 27.9. The van der Waals surface area contributed by atoms with Crippen LogP contribution in [-0.4, -0.2) is 50.5 Å². The van der Waals surface area contributed by atoms with Crippen LogP contribution >= 0.6 is 0 Å². The first-order valence-corrected chi connectivity index (χ1v) is 12.9. The molecular formula is C28H26F3N7O2. The number of ether oxygens (including phenoxy) is 1. The quantitative estimate of drug-likeness (QED) is 0.255. The Bertz CT molecular complexity index is 1710. The van der Waals surface area contributed by atoms with Crippen LogP contribution in [0.4, 0.5) is 24.5 Å². The second-order valence-electron chi connectivity index (χ2n) is 9.76. The van der Waals surface area contributed by atoms with Gasteiger partial charge in [0.1, 0.15) is 17.2 Å². The highest BCUT2D eigenvalue weighted by molar-refractivity contribution is 5.99. The zero-order valence-corrected chi connectivity index (χ0v) is 21.5. The molecule has 1 aliphatic heterocycles. The van der Waals surface area contributed by atoms with E-state index in [0.29, 0.717) is 52.5 Å². The summed E-state index contributed by atoms with van der Waals surface area (Å²) >= 11 is 0. The first-order valence-electron chi connectivity index (χ1n) is 12.9. The van der Waals surface area contributed by atoms with Crippen molar-refractivity contribution in [1.29, 1.82) is 0 Å². The Balaban J connectivity index is 1.34. The lowest BCUT2D eigenvalue weighted by molar-refractivity contribution is -0.344. The molecule has 1 atom stereocenters. The summed E-state index contributed by atoms with van der Waals surface area (Å²) in [5.74, 6) is 0.969. The highest BCUT2D eigenvalue weighted by Gasteiger charge is 2.35. The molecule has 0 unspecified atom stereocenters. The van der Waals surface area contributed by atoms with E-state index in [1.165, 1.54) is 0 Å². The highest BCUT2D eigenvalue weighted by Crippen LogP contribution is 2.34. The molecule has 3 N–H and O–H groups in total. The second kappa shape index (κ2) is 10.3. The number of anilines is 2. The van der Waals surface area contributed by atoms with E-state index in [9.17, 15) is 18.0 Å². The second-order valence-corrected chi connectivity index (χ2v) is 9.76. The fraction of sp³-hybridized carbons (Fsp3) is 0.286. The molecule has 40 heavy (non-hydrogen) atoms. The lowest BCUT2D eigenvalue weighted by atomic mass is 10.1. The fourth-order valence-electron chi connectivity index (χ4n) is 5.17. The molecule has 0 aliphatic carbocycles. The Morgan fingerprint density at radius 2 is 1.77 bits per heavy atom. The minimum Gasteiger partial charge on any atom is -0.374 e. The number of para-hydroxylation sites is 1. The molecule has 6 rings (SSSR count). The van der Waals surface area contributed by atoms with Gasteiger partial charge in [-0.3, -0.25) is 9.53 Å². The van der Waals surface area contributed by atoms with Gasteiger partial charge in [0.2, 0.25) is 0 Å². The van der Waals surface area contributed by atoms with E-state index >= 15 is 0 Å². The molecule has 3 aromatic heterocycles. The van der Waals surface area contributed by atoms with Crippen LogP contribution < -0.4 is 15.8 Å². The van der Waals surface area contributed by atoms with Crippen LogP contribution in [0.1, 0.15) is 31.6 Å². The van der Waals surface area contributed by atoms with Crippen LogP contribution in [0, 0.1) is 0 Å². The Hall–Kier alpha value is -4.45. The summed E-state index contributed by atoms with van der Waals surface area (Å²) in [6.07, 6.45) is -1.58. The van der Waals surface area contributed by atoms with Crippen molar-refractivity contribution in [1.82, 2.24) is 24.9 Å². The maximum absolute atomic E-state index is 13.4. The van der Waals surface area contributed by atoms with Gasteiger partial charge >= 0.3 is 6.36 Å². The highest BCUT2D eigenvalue weighted by atomic mass is 19.4. The Labute approximate surface area is 226 Å². The number of nitrogens with zero attached hydrogens (tertiary/aromatic N) is 4. The molecule has 0 bridgehead atoms. The van der Waals surface area contributed by atoms with Crippen molar-refractivity contribution in [2.24, 2.45) is 0 Å². The van der Waals surface area contributed by atoms with Crippen molar-refractivity contribution in [3.63, 3.8) is 0 Å². The predicted octanol–water partition coefficient (Wildman–Crippen LogP) is 5.54. The number of pyridine rings is 1. The van der Waals surface area contributed by atoms with E-state index < -0.39 is 12.5 Å². The van der Waals surface area contributed by atoms with Gasteiger partial charge in [-0.25, -0.2) is 15.0 Å². The van der Waals surface area contributed by atoms with Gasteiger partial charge < -0.3 is 20.2 Å². The van der Waals surface area contributed by atoms with Gasteiger partial charge in [0.25, 0.3) is 5.56 Å². The number of alkyl halides is 3. The predicted molar refractivity (Wildman–Crippen MR) is 146 cm³/mol. The summed E-state index contributed by atoms with van der Waals surface area (Å²) in [4.78, 5) is 35.1. The van der Waals surface area contributed by atoms with Crippen molar-refractivity contribution in [2.45, 2.75) is 38.3 Å². The van der Waals surface area contributed by atoms with Crippen LogP contribution in [-0.2, 0) is 4.74 Å². The fourth-order valence-corrected chi connectivity index (χ4v) is 5.17. The van der Waals surface area contributed by atoms with Crippen LogP contribution in [0.3, 0.4) is 0 Å². The molecule has 12 heteroatoms. The molecule has 2 aromatic carbocycles. The number of hydrogen-bond donors (Lipinski definition) is 3. The van der Waals surface area contributed by atoms with Crippen molar-refractivity contribution in [2.75, 3.05) is 23.3 Å². The van der Waals surface area contributed by atoms with Gasteiger partial charge in [-0.05, 0) is 50.1 Å². The average Bonchev–Trinajstić information content (AvgIpc) is 3.36. The molecule has 4 heterocycles. The third-order valence-corrected chi connectivity index (χ3v) is 7.07. The monoisotopic (exact) mass is 549 g/mol. The number of aromatic amines is 2. The number of H-pyrrole nitrogens is 2. The molecule has 0 amide bonds. The van der Waals surface area contributed by atoms with E-state index in [0.717, 1.165) is 11.1 Å². The number of nitrogens with one attached hydrogen (secondary N) is 3. The number of halogens is 3. The SMILES string of the molecule is C[C@@H](Nc1c(-c2nc3ccc(N4CCC(OC(F)(F)F)CC4)cc3[nH]2)c(=O)[nH]c2ccccc12)c1ncccn1. The van der Waals surface area contributed by atoms with Gasteiger partial charge in [0.15, 0.2) is 0 Å². The van der Waals surface area contributed by atoms with Gasteiger partial charge in [0.05, 0.1) is 34.4 Å². The van der Waals surface area contributed by atoms with Crippen molar-refractivity contribution in [3.05, 3.63) is 77.1 Å².